The van der Waals surface area contributed by atoms with Gasteiger partial charge in [-0.25, -0.2) is 5.01 Å². The maximum absolute atomic E-state index is 6.56. The molecule has 0 saturated heterocycles. The standard InChI is InChI=1S/C27H20Br2N2O/c1-16-6-8-18(9-7-16)27-31-25(22-13-21(28)14-23(29)26(22)32-27)15-24(30-31)20-11-10-17-4-2-3-5-19(17)12-20/h2-14,25,27H,15H2,1H3/t25-,27+/m1/s1. The molecule has 158 valence electrons. The summed E-state index contributed by atoms with van der Waals surface area (Å²) in [6, 6.07) is 27.9. The second kappa shape index (κ2) is 7.75. The molecule has 0 unspecified atom stereocenters. The Kier molecular flexibility index (Phi) is 4.85. The highest BCUT2D eigenvalue weighted by molar-refractivity contribution is 9.11. The first-order chi connectivity index (χ1) is 15.6. The van der Waals surface area contributed by atoms with Crippen LogP contribution in [0.25, 0.3) is 10.8 Å². The van der Waals surface area contributed by atoms with Crippen LogP contribution in [0.1, 0.15) is 40.9 Å². The Morgan fingerprint density at radius 2 is 1.69 bits per heavy atom. The van der Waals surface area contributed by atoms with Gasteiger partial charge in [0.2, 0.25) is 6.23 Å². The van der Waals surface area contributed by atoms with Crippen molar-refractivity contribution in [3.05, 3.63) is 110 Å². The van der Waals surface area contributed by atoms with Crippen molar-refractivity contribution in [2.24, 2.45) is 5.10 Å². The number of halogens is 2. The molecule has 5 heteroatoms. The number of hydrogen-bond donors (Lipinski definition) is 0. The van der Waals surface area contributed by atoms with Gasteiger partial charge in [0.25, 0.3) is 0 Å². The lowest BCUT2D eigenvalue weighted by Gasteiger charge is -2.38. The molecule has 2 heterocycles. The van der Waals surface area contributed by atoms with Gasteiger partial charge in [0.1, 0.15) is 5.75 Å². The largest absolute Gasteiger partial charge is 0.463 e. The fraction of sp³-hybridized carbons (Fsp3) is 0.148. The average Bonchev–Trinajstić information content (AvgIpc) is 3.25. The number of nitrogens with zero attached hydrogens (tertiary/aromatic N) is 2. The Morgan fingerprint density at radius 1 is 0.906 bits per heavy atom. The van der Waals surface area contributed by atoms with Crippen LogP contribution in [0.5, 0.6) is 5.75 Å². The third-order valence-electron chi connectivity index (χ3n) is 6.25. The van der Waals surface area contributed by atoms with E-state index >= 15 is 0 Å². The number of hydrazone groups is 1. The zero-order chi connectivity index (χ0) is 21.8. The van der Waals surface area contributed by atoms with Crippen LogP contribution in [0.4, 0.5) is 0 Å². The van der Waals surface area contributed by atoms with Crippen LogP contribution in [0.3, 0.4) is 0 Å². The minimum atomic E-state index is -0.275. The van der Waals surface area contributed by atoms with E-state index in [1.54, 1.807) is 0 Å². The highest BCUT2D eigenvalue weighted by atomic mass is 79.9. The summed E-state index contributed by atoms with van der Waals surface area (Å²) >= 11 is 7.37. The van der Waals surface area contributed by atoms with Gasteiger partial charge >= 0.3 is 0 Å². The van der Waals surface area contributed by atoms with Crippen molar-refractivity contribution >= 4 is 48.3 Å². The molecule has 2 aliphatic rings. The number of hydrogen-bond acceptors (Lipinski definition) is 3. The molecule has 6 rings (SSSR count). The fourth-order valence-electron chi connectivity index (χ4n) is 4.61. The van der Waals surface area contributed by atoms with Crippen LogP contribution in [-0.4, -0.2) is 10.7 Å². The van der Waals surface area contributed by atoms with E-state index in [0.717, 1.165) is 43.5 Å². The number of aryl methyl sites for hydroxylation is 1. The summed E-state index contributed by atoms with van der Waals surface area (Å²) in [5.41, 5.74) is 5.73. The van der Waals surface area contributed by atoms with E-state index in [1.165, 1.54) is 16.3 Å². The van der Waals surface area contributed by atoms with Crippen molar-refractivity contribution in [2.75, 3.05) is 0 Å². The summed E-state index contributed by atoms with van der Waals surface area (Å²) in [5, 5.41) is 9.73. The van der Waals surface area contributed by atoms with E-state index in [-0.39, 0.29) is 12.3 Å². The molecular formula is C27H20Br2N2O. The third-order valence-corrected chi connectivity index (χ3v) is 7.30. The van der Waals surface area contributed by atoms with Crippen molar-refractivity contribution in [2.45, 2.75) is 25.6 Å². The van der Waals surface area contributed by atoms with Crippen molar-refractivity contribution in [1.29, 1.82) is 0 Å². The van der Waals surface area contributed by atoms with Crippen molar-refractivity contribution in [3.8, 4) is 5.75 Å². The van der Waals surface area contributed by atoms with E-state index in [4.69, 9.17) is 9.84 Å². The Balaban J connectivity index is 1.47. The molecule has 0 fully saturated rings. The lowest BCUT2D eigenvalue weighted by molar-refractivity contribution is -0.0197. The molecule has 4 aromatic carbocycles. The zero-order valence-corrected chi connectivity index (χ0v) is 20.6. The van der Waals surface area contributed by atoms with Gasteiger partial charge in [-0.15, -0.1) is 0 Å². The maximum Gasteiger partial charge on any atom is 0.213 e. The first-order valence-electron chi connectivity index (χ1n) is 10.6. The van der Waals surface area contributed by atoms with E-state index in [0.29, 0.717) is 0 Å². The molecule has 0 saturated carbocycles. The van der Waals surface area contributed by atoms with Crippen LogP contribution in [0, 0.1) is 6.92 Å². The van der Waals surface area contributed by atoms with Crippen LogP contribution in [0.15, 0.2) is 92.9 Å². The molecule has 0 aliphatic carbocycles. The van der Waals surface area contributed by atoms with Gasteiger partial charge in [-0.3, -0.25) is 0 Å². The Hall–Kier alpha value is -2.63. The van der Waals surface area contributed by atoms with Crippen molar-refractivity contribution in [3.63, 3.8) is 0 Å². The third kappa shape index (κ3) is 3.35. The minimum Gasteiger partial charge on any atom is -0.463 e. The van der Waals surface area contributed by atoms with E-state index in [9.17, 15) is 0 Å². The predicted molar refractivity (Wildman–Crippen MR) is 136 cm³/mol. The van der Waals surface area contributed by atoms with Crippen LogP contribution < -0.4 is 4.74 Å². The summed E-state index contributed by atoms with van der Waals surface area (Å²) in [7, 11) is 0. The molecule has 0 N–H and O–H groups in total. The van der Waals surface area contributed by atoms with Crippen molar-refractivity contribution < 1.29 is 4.74 Å². The molecular weight excluding hydrogens is 528 g/mol. The summed E-state index contributed by atoms with van der Waals surface area (Å²) in [5.74, 6) is 0.898. The average molecular weight is 548 g/mol. The van der Waals surface area contributed by atoms with E-state index < -0.39 is 0 Å². The van der Waals surface area contributed by atoms with Gasteiger partial charge in [0, 0.05) is 22.0 Å². The van der Waals surface area contributed by atoms with Crippen LogP contribution in [0.2, 0.25) is 0 Å². The van der Waals surface area contributed by atoms with Gasteiger partial charge in [0.05, 0.1) is 16.2 Å². The van der Waals surface area contributed by atoms with Gasteiger partial charge < -0.3 is 4.74 Å². The Labute approximate surface area is 204 Å². The molecule has 2 atom stereocenters. The molecule has 4 aromatic rings. The second-order valence-electron chi connectivity index (χ2n) is 8.40. The first-order valence-corrected chi connectivity index (χ1v) is 12.2. The Bertz CT molecular complexity index is 1380. The number of rotatable bonds is 2. The molecule has 3 nitrogen and oxygen atoms in total. The zero-order valence-electron chi connectivity index (χ0n) is 17.4. The molecule has 0 spiro atoms. The van der Waals surface area contributed by atoms with Crippen molar-refractivity contribution in [1.82, 2.24) is 5.01 Å². The second-order valence-corrected chi connectivity index (χ2v) is 10.2. The van der Waals surface area contributed by atoms with Gasteiger partial charge in [-0.2, -0.15) is 5.10 Å². The first kappa shape index (κ1) is 20.0. The highest BCUT2D eigenvalue weighted by Crippen LogP contribution is 2.50. The van der Waals surface area contributed by atoms with Gasteiger partial charge in [0.15, 0.2) is 0 Å². The van der Waals surface area contributed by atoms with Crippen LogP contribution >= 0.6 is 31.9 Å². The minimum absolute atomic E-state index is 0.111. The Morgan fingerprint density at radius 3 is 2.50 bits per heavy atom. The quantitative estimate of drug-likeness (QED) is 0.254. The molecule has 0 radical (unpaired) electrons. The topological polar surface area (TPSA) is 24.8 Å². The smallest absolute Gasteiger partial charge is 0.213 e. The molecule has 0 aromatic heterocycles. The summed E-state index contributed by atoms with van der Waals surface area (Å²) in [6.07, 6.45) is 0.559. The fourth-order valence-corrected chi connectivity index (χ4v) is 5.96. The lowest BCUT2D eigenvalue weighted by Crippen LogP contribution is -2.33. The maximum atomic E-state index is 6.56. The van der Waals surface area contributed by atoms with E-state index in [2.05, 4.69) is 117 Å². The number of fused-ring (bicyclic) bond motifs is 4. The molecule has 0 amide bonds. The van der Waals surface area contributed by atoms with Gasteiger partial charge in [-0.05, 0) is 57.4 Å². The summed E-state index contributed by atoms with van der Waals surface area (Å²) in [6.45, 7) is 2.10. The monoisotopic (exact) mass is 546 g/mol. The molecule has 0 bridgehead atoms. The number of ether oxygens (including phenoxy) is 1. The summed E-state index contributed by atoms with van der Waals surface area (Å²) in [4.78, 5) is 0. The normalized spacial score (nSPS) is 19.3. The highest BCUT2D eigenvalue weighted by Gasteiger charge is 2.42. The summed E-state index contributed by atoms with van der Waals surface area (Å²) < 4.78 is 8.55. The SMILES string of the molecule is Cc1ccc([C@@H]2Oc3c(Br)cc(Br)cc3[C@H]3CC(c4ccc5ccccc5c4)=NN32)cc1. The molecule has 32 heavy (non-hydrogen) atoms. The predicted octanol–water partition coefficient (Wildman–Crippen LogP) is 7.92. The lowest BCUT2D eigenvalue weighted by atomic mass is 9.95. The molecule has 2 aliphatic heterocycles. The van der Waals surface area contributed by atoms with Crippen LogP contribution in [-0.2, 0) is 0 Å². The number of benzene rings is 4. The van der Waals surface area contributed by atoms with E-state index in [1.807, 2.05) is 6.07 Å². The van der Waals surface area contributed by atoms with Gasteiger partial charge in [-0.1, -0.05) is 82.2 Å².